The van der Waals surface area contributed by atoms with Gasteiger partial charge in [-0.15, -0.1) is 0 Å². The van der Waals surface area contributed by atoms with Crippen LogP contribution in [0.25, 0.3) is 22.5 Å². The van der Waals surface area contributed by atoms with Crippen molar-refractivity contribution in [1.29, 1.82) is 0 Å². The number of hydrogen-bond donors (Lipinski definition) is 4. The molecule has 0 amide bonds. The van der Waals surface area contributed by atoms with Gasteiger partial charge in [-0.2, -0.15) is 0 Å². The molecule has 1 atom stereocenters. The second kappa shape index (κ2) is 7.84. The van der Waals surface area contributed by atoms with E-state index in [0.717, 1.165) is 12.0 Å². The average Bonchev–Trinajstić information content (AvgIpc) is 2.67. The molecule has 0 fully saturated rings. The summed E-state index contributed by atoms with van der Waals surface area (Å²) < 4.78 is 0. The van der Waals surface area contributed by atoms with Crippen LogP contribution in [0.15, 0.2) is 54.7 Å². The van der Waals surface area contributed by atoms with Gasteiger partial charge in [-0.1, -0.05) is 31.2 Å². The number of nitrogens with one attached hydrogen (secondary N) is 1. The van der Waals surface area contributed by atoms with Crippen LogP contribution in [0.5, 0.6) is 11.5 Å². The lowest BCUT2D eigenvalue weighted by molar-refractivity contribution is 0.475. The van der Waals surface area contributed by atoms with E-state index in [1.165, 1.54) is 0 Å². The zero-order chi connectivity index (χ0) is 18.5. The van der Waals surface area contributed by atoms with Gasteiger partial charge in [0, 0.05) is 24.3 Å². The molecule has 2 aromatic carbocycles. The summed E-state index contributed by atoms with van der Waals surface area (Å²) in [6, 6.07) is 13.9. The van der Waals surface area contributed by atoms with Crippen molar-refractivity contribution in [2.75, 3.05) is 11.9 Å². The maximum absolute atomic E-state index is 10.3. The summed E-state index contributed by atoms with van der Waals surface area (Å²) in [5.41, 5.74) is 7.86. The number of nitrogens with two attached hydrogens (primary N) is 1. The van der Waals surface area contributed by atoms with Crippen LogP contribution >= 0.6 is 0 Å². The molecule has 1 heterocycles. The lowest BCUT2D eigenvalue weighted by Gasteiger charge is -2.12. The summed E-state index contributed by atoms with van der Waals surface area (Å²) in [7, 11) is 0. The molecule has 26 heavy (non-hydrogen) atoms. The number of aromatic nitrogens is 2. The first-order valence-electron chi connectivity index (χ1n) is 8.52. The summed E-state index contributed by atoms with van der Waals surface area (Å²) in [6.07, 6.45) is 2.50. The van der Waals surface area contributed by atoms with Gasteiger partial charge < -0.3 is 21.3 Å². The Hall–Kier alpha value is -3.12. The highest BCUT2D eigenvalue weighted by Crippen LogP contribution is 2.35. The predicted molar refractivity (Wildman–Crippen MR) is 103 cm³/mol. The number of anilines is 1. The molecule has 6 nitrogen and oxygen atoms in total. The normalized spacial score (nSPS) is 11.9. The number of para-hydroxylation sites is 1. The van der Waals surface area contributed by atoms with Crippen molar-refractivity contribution >= 4 is 5.82 Å². The Balaban J connectivity index is 1.94. The Morgan fingerprint density at radius 2 is 1.81 bits per heavy atom. The number of phenolic OH excluding ortho intramolecular Hbond substituents is 2. The van der Waals surface area contributed by atoms with Crippen molar-refractivity contribution < 1.29 is 10.2 Å². The summed E-state index contributed by atoms with van der Waals surface area (Å²) >= 11 is 0. The third kappa shape index (κ3) is 3.92. The molecule has 0 saturated heterocycles. The van der Waals surface area contributed by atoms with Crippen LogP contribution in [-0.2, 0) is 0 Å². The minimum absolute atomic E-state index is 0.0474. The Morgan fingerprint density at radius 3 is 2.58 bits per heavy atom. The Kier molecular flexibility index (Phi) is 5.34. The summed E-state index contributed by atoms with van der Waals surface area (Å²) in [4.78, 5) is 8.74. The topological polar surface area (TPSA) is 104 Å². The maximum atomic E-state index is 10.3. The zero-order valence-corrected chi connectivity index (χ0v) is 14.6. The third-order valence-electron chi connectivity index (χ3n) is 4.18. The highest BCUT2D eigenvalue weighted by molar-refractivity contribution is 5.77. The monoisotopic (exact) mass is 350 g/mol. The van der Waals surface area contributed by atoms with Crippen molar-refractivity contribution in [3.05, 3.63) is 54.7 Å². The van der Waals surface area contributed by atoms with Crippen molar-refractivity contribution in [3.63, 3.8) is 0 Å². The third-order valence-corrected chi connectivity index (χ3v) is 4.18. The van der Waals surface area contributed by atoms with Gasteiger partial charge in [0.1, 0.15) is 17.3 Å². The van der Waals surface area contributed by atoms with E-state index in [9.17, 15) is 10.2 Å². The predicted octanol–water partition coefficient (Wildman–Crippen LogP) is 3.37. The molecule has 0 aliphatic heterocycles. The van der Waals surface area contributed by atoms with Gasteiger partial charge in [-0.05, 0) is 36.2 Å². The molecule has 0 saturated carbocycles. The number of nitrogens with zero attached hydrogens (tertiary/aromatic N) is 2. The first-order chi connectivity index (χ1) is 12.6. The van der Waals surface area contributed by atoms with Gasteiger partial charge in [0.05, 0.1) is 5.56 Å². The fourth-order valence-electron chi connectivity index (χ4n) is 2.57. The van der Waals surface area contributed by atoms with Gasteiger partial charge in [-0.25, -0.2) is 9.97 Å². The number of hydrogen-bond acceptors (Lipinski definition) is 6. The molecule has 134 valence electrons. The molecule has 3 rings (SSSR count). The second-order valence-electron chi connectivity index (χ2n) is 6.06. The van der Waals surface area contributed by atoms with Crippen LogP contribution < -0.4 is 11.1 Å². The quantitative estimate of drug-likeness (QED) is 0.543. The molecule has 0 spiro atoms. The smallest absolute Gasteiger partial charge is 0.165 e. The van der Waals surface area contributed by atoms with Gasteiger partial charge in [-0.3, -0.25) is 0 Å². The van der Waals surface area contributed by atoms with E-state index in [2.05, 4.69) is 15.3 Å². The van der Waals surface area contributed by atoms with Crippen LogP contribution in [0, 0.1) is 0 Å². The maximum Gasteiger partial charge on any atom is 0.165 e. The average molecular weight is 350 g/mol. The second-order valence-corrected chi connectivity index (χ2v) is 6.06. The fourth-order valence-corrected chi connectivity index (χ4v) is 2.57. The molecule has 5 N–H and O–H groups in total. The van der Waals surface area contributed by atoms with Crippen LogP contribution in [0.4, 0.5) is 5.82 Å². The van der Waals surface area contributed by atoms with Crippen LogP contribution in [-0.4, -0.2) is 32.8 Å². The number of benzene rings is 2. The molecular weight excluding hydrogens is 328 g/mol. The van der Waals surface area contributed by atoms with E-state index in [-0.39, 0.29) is 17.5 Å². The van der Waals surface area contributed by atoms with Crippen LogP contribution in [0.1, 0.15) is 13.3 Å². The van der Waals surface area contributed by atoms with E-state index in [1.54, 1.807) is 42.6 Å². The minimum atomic E-state index is 0.0474. The number of rotatable bonds is 6. The Labute approximate surface area is 152 Å². The molecule has 3 aromatic rings. The van der Waals surface area contributed by atoms with Crippen molar-refractivity contribution in [3.8, 4) is 34.0 Å². The summed E-state index contributed by atoms with van der Waals surface area (Å²) in [5.74, 6) is 1.29. The Bertz CT molecular complexity index is 898. The summed E-state index contributed by atoms with van der Waals surface area (Å²) in [6.45, 7) is 2.64. The first kappa shape index (κ1) is 17.7. The van der Waals surface area contributed by atoms with Crippen molar-refractivity contribution in [1.82, 2.24) is 9.97 Å². The summed E-state index contributed by atoms with van der Waals surface area (Å²) in [5, 5.41) is 23.5. The molecule has 0 aliphatic carbocycles. The molecule has 0 aliphatic rings. The van der Waals surface area contributed by atoms with Crippen LogP contribution in [0.3, 0.4) is 0 Å². The van der Waals surface area contributed by atoms with Crippen molar-refractivity contribution in [2.45, 2.75) is 19.4 Å². The van der Waals surface area contributed by atoms with E-state index in [1.807, 2.05) is 19.1 Å². The van der Waals surface area contributed by atoms with E-state index >= 15 is 0 Å². The lowest BCUT2D eigenvalue weighted by Crippen LogP contribution is -2.28. The first-order valence-corrected chi connectivity index (χ1v) is 8.52. The zero-order valence-electron chi connectivity index (χ0n) is 14.6. The number of phenols is 2. The standard InChI is InChI=1S/C20H22N4O2/c1-2-14(21)12-23-19-9-10-22-20(24-19)16-11-13(7-8-18(16)26)15-5-3-4-6-17(15)25/h3-11,14,25-26H,2,12,21H2,1H3,(H,22,23,24). The number of aromatic hydroxyl groups is 2. The molecule has 1 aromatic heterocycles. The highest BCUT2D eigenvalue weighted by Gasteiger charge is 2.12. The lowest BCUT2D eigenvalue weighted by atomic mass is 10.0. The molecular formula is C20H22N4O2. The van der Waals surface area contributed by atoms with Crippen molar-refractivity contribution in [2.24, 2.45) is 5.73 Å². The fraction of sp³-hybridized carbons (Fsp3) is 0.200. The van der Waals surface area contributed by atoms with E-state index in [0.29, 0.717) is 29.3 Å². The van der Waals surface area contributed by atoms with E-state index < -0.39 is 0 Å². The van der Waals surface area contributed by atoms with Crippen LogP contribution in [0.2, 0.25) is 0 Å². The Morgan fingerprint density at radius 1 is 1.04 bits per heavy atom. The molecule has 1 unspecified atom stereocenters. The molecule has 6 heteroatoms. The SMILES string of the molecule is CCC(N)CNc1ccnc(-c2cc(-c3ccccc3O)ccc2O)n1. The van der Waals surface area contributed by atoms with Gasteiger partial charge in [0.2, 0.25) is 0 Å². The minimum Gasteiger partial charge on any atom is -0.507 e. The highest BCUT2D eigenvalue weighted by atomic mass is 16.3. The van der Waals surface area contributed by atoms with Gasteiger partial charge in [0.15, 0.2) is 5.82 Å². The largest absolute Gasteiger partial charge is 0.507 e. The van der Waals surface area contributed by atoms with Gasteiger partial charge >= 0.3 is 0 Å². The molecule has 0 bridgehead atoms. The van der Waals surface area contributed by atoms with Gasteiger partial charge in [0.25, 0.3) is 0 Å². The van der Waals surface area contributed by atoms with E-state index in [4.69, 9.17) is 5.73 Å². The molecule has 0 radical (unpaired) electrons.